The smallest absolute Gasteiger partial charge is 0.347 e. The Balaban J connectivity index is 1.51. The Morgan fingerprint density at radius 3 is 2.71 bits per heavy atom. The lowest BCUT2D eigenvalue weighted by atomic mass is 9.84. The summed E-state index contributed by atoms with van der Waals surface area (Å²) in [5.74, 6) is -8.22. The van der Waals surface area contributed by atoms with Crippen molar-refractivity contribution in [3.05, 3.63) is 34.9 Å². The maximum atomic E-state index is 14.4. The molecule has 1 aliphatic carbocycles. The van der Waals surface area contributed by atoms with Crippen LogP contribution in [0, 0.1) is 0 Å². The van der Waals surface area contributed by atoms with E-state index >= 15 is 0 Å². The minimum Gasteiger partial charge on any atom is -0.479 e. The minimum absolute atomic E-state index is 0.00803. The molecule has 11 N–H and O–H groups in total. The second-order valence-electron chi connectivity index (χ2n) is 9.03. The van der Waals surface area contributed by atoms with Crippen LogP contribution in [0.3, 0.4) is 0 Å². The Morgan fingerprint density at radius 1 is 1.26 bits per heavy atom. The Labute approximate surface area is 191 Å². The number of hydrogen-bond acceptors (Lipinski definition) is 8. The summed E-state index contributed by atoms with van der Waals surface area (Å²) in [6.45, 7) is -0.243. The van der Waals surface area contributed by atoms with Crippen molar-refractivity contribution in [1.82, 2.24) is 16.0 Å². The third kappa shape index (κ3) is 2.81. The zero-order valence-corrected chi connectivity index (χ0v) is 17.8. The number of carboxylic acid groups (broad SMARTS) is 1. The summed E-state index contributed by atoms with van der Waals surface area (Å²) in [5.41, 5.74) is 9.92. The number of fused-ring (bicyclic) bond motifs is 1. The number of carbonyl (C=O) groups is 2. The molecular weight excluding hydrogens is 456 g/mol. The Morgan fingerprint density at radius 2 is 2.00 bits per heavy atom. The van der Waals surface area contributed by atoms with E-state index in [9.17, 15) is 33.7 Å². The number of alkyl halides is 2. The van der Waals surface area contributed by atoms with Gasteiger partial charge in [0.05, 0.1) is 6.54 Å². The van der Waals surface area contributed by atoms with E-state index in [1.165, 1.54) is 22.8 Å². The fourth-order valence-electron chi connectivity index (χ4n) is 5.62. The molecule has 14 heteroatoms. The summed E-state index contributed by atoms with van der Waals surface area (Å²) in [6.07, 6.45) is 0.170. The van der Waals surface area contributed by atoms with E-state index in [1.807, 2.05) is 0 Å². The van der Waals surface area contributed by atoms with Gasteiger partial charge in [0.15, 0.2) is 6.04 Å². The molecule has 1 aromatic carbocycles. The van der Waals surface area contributed by atoms with E-state index in [4.69, 9.17) is 11.5 Å². The summed E-state index contributed by atoms with van der Waals surface area (Å²) in [4.78, 5) is 27.7. The van der Waals surface area contributed by atoms with Crippen LogP contribution in [-0.2, 0) is 17.1 Å². The average Bonchev–Trinajstić information content (AvgIpc) is 3.22. The summed E-state index contributed by atoms with van der Waals surface area (Å²) < 4.78 is 30.0. The molecule has 3 heterocycles. The second kappa shape index (κ2) is 6.99. The molecule has 1 amide bonds. The maximum absolute atomic E-state index is 14.4. The fourth-order valence-corrected chi connectivity index (χ4v) is 5.62. The Hall–Kier alpha value is -3.52. The van der Waals surface area contributed by atoms with Gasteiger partial charge in [-0.1, -0.05) is 12.1 Å². The van der Waals surface area contributed by atoms with Gasteiger partial charge in [-0.05, 0) is 24.5 Å². The van der Waals surface area contributed by atoms with Crippen molar-refractivity contribution < 1.29 is 43.3 Å². The normalized spacial score (nSPS) is 32.5. The van der Waals surface area contributed by atoms with Crippen LogP contribution < -0.4 is 32.4 Å². The number of halogens is 2. The SMILES string of the molecule is NC1=[NH+][C@H]2C(C(=O)O)NC(N)=[N+]3C[C@H](NC(=O)c4cccc5c4CCCC5(F)F)C(O)(O)[C@]23N1. The summed E-state index contributed by atoms with van der Waals surface area (Å²) in [6, 6.07) is 0.0663. The highest BCUT2D eigenvalue weighted by Gasteiger charge is 2.79. The van der Waals surface area contributed by atoms with Crippen molar-refractivity contribution in [2.24, 2.45) is 11.5 Å². The third-order valence-electron chi connectivity index (χ3n) is 7.16. The first-order valence-corrected chi connectivity index (χ1v) is 10.7. The number of nitrogens with one attached hydrogen (secondary N) is 4. The van der Waals surface area contributed by atoms with Crippen LogP contribution in [0.2, 0.25) is 0 Å². The van der Waals surface area contributed by atoms with E-state index in [1.54, 1.807) is 0 Å². The highest BCUT2D eigenvalue weighted by molar-refractivity contribution is 5.96. The number of rotatable bonds is 3. The minimum atomic E-state index is -3.06. The summed E-state index contributed by atoms with van der Waals surface area (Å²) >= 11 is 0. The molecule has 1 spiro atoms. The van der Waals surface area contributed by atoms with Gasteiger partial charge in [0, 0.05) is 17.5 Å². The molecule has 1 aromatic rings. The van der Waals surface area contributed by atoms with E-state index in [0.29, 0.717) is 0 Å². The molecule has 4 atom stereocenters. The number of hydrogen-bond donors (Lipinski definition) is 9. The number of aliphatic hydroxyl groups is 2. The zero-order chi connectivity index (χ0) is 24.6. The monoisotopic (exact) mass is 481 g/mol. The predicted molar refractivity (Wildman–Crippen MR) is 110 cm³/mol. The summed E-state index contributed by atoms with van der Waals surface area (Å²) in [5, 5.41) is 40.0. The molecule has 5 rings (SSSR count). The molecule has 0 bridgehead atoms. The molecule has 0 aromatic heterocycles. The lowest BCUT2D eigenvalue weighted by Crippen LogP contribution is -2.92. The van der Waals surface area contributed by atoms with Crippen LogP contribution in [0.25, 0.3) is 0 Å². The van der Waals surface area contributed by atoms with Crippen molar-refractivity contribution in [1.29, 1.82) is 0 Å². The van der Waals surface area contributed by atoms with Gasteiger partial charge in [0.25, 0.3) is 23.3 Å². The molecule has 1 fully saturated rings. The topological polar surface area (TPSA) is 200 Å². The lowest BCUT2D eigenvalue weighted by molar-refractivity contribution is -0.672. The van der Waals surface area contributed by atoms with Gasteiger partial charge in [-0.25, -0.2) is 23.5 Å². The first kappa shape index (κ1) is 22.3. The molecule has 12 nitrogen and oxygen atoms in total. The average molecular weight is 481 g/mol. The number of guanidine groups is 2. The number of benzene rings is 1. The molecule has 182 valence electrons. The molecule has 3 aliphatic heterocycles. The fraction of sp³-hybridized carbons (Fsp3) is 0.500. The molecule has 1 saturated heterocycles. The highest BCUT2D eigenvalue weighted by atomic mass is 19.3. The van der Waals surface area contributed by atoms with Gasteiger partial charge in [0.2, 0.25) is 6.04 Å². The summed E-state index contributed by atoms with van der Waals surface area (Å²) in [7, 11) is 0. The number of aliphatic carboxylic acids is 1. The van der Waals surface area contributed by atoms with Crippen molar-refractivity contribution in [3.63, 3.8) is 0 Å². The molecule has 0 radical (unpaired) electrons. The van der Waals surface area contributed by atoms with Crippen molar-refractivity contribution in [3.8, 4) is 0 Å². The van der Waals surface area contributed by atoms with E-state index in [2.05, 4.69) is 20.9 Å². The van der Waals surface area contributed by atoms with Crippen molar-refractivity contribution >= 4 is 23.8 Å². The molecular formula is C20H25F2N7O5+2. The van der Waals surface area contributed by atoms with Crippen molar-refractivity contribution in [2.75, 3.05) is 6.54 Å². The van der Waals surface area contributed by atoms with E-state index in [0.717, 1.165) is 0 Å². The van der Waals surface area contributed by atoms with Gasteiger partial charge in [0.1, 0.15) is 6.04 Å². The largest absolute Gasteiger partial charge is 0.479 e. The number of nitrogens with two attached hydrogens (primary N) is 2. The molecule has 4 aliphatic rings. The van der Waals surface area contributed by atoms with Crippen LogP contribution in [0.15, 0.2) is 18.2 Å². The Kier molecular flexibility index (Phi) is 4.58. The quantitative estimate of drug-likeness (QED) is 0.150. The van der Waals surface area contributed by atoms with Gasteiger partial charge in [-0.15, -0.1) is 0 Å². The maximum Gasteiger partial charge on any atom is 0.347 e. The van der Waals surface area contributed by atoms with Gasteiger partial charge < -0.3 is 20.6 Å². The standard InChI is InChI=1S/C20H23F2N7O5/c21-18(22)6-2-4-8-9(3-1-5-10(8)18)14(30)25-11-7-29-17(24)26-12(15(31)32)13-19(29,20(11,33)34)28-16(23)27-13/h1,3,5,11-13,33-34H,2,4,6-7H2,(H7,23,24,25,26,27,28,30,31,32)/p+2/t11-,12?,13-,19-/m0/s1. The van der Waals surface area contributed by atoms with Gasteiger partial charge in [-0.3, -0.25) is 26.6 Å². The van der Waals surface area contributed by atoms with Gasteiger partial charge >= 0.3 is 17.9 Å². The van der Waals surface area contributed by atoms with E-state index < -0.39 is 47.4 Å². The zero-order valence-electron chi connectivity index (χ0n) is 17.8. The number of amides is 1. The first-order chi connectivity index (χ1) is 15.9. The molecule has 34 heavy (non-hydrogen) atoms. The van der Waals surface area contributed by atoms with Gasteiger partial charge in [-0.2, -0.15) is 0 Å². The highest BCUT2D eigenvalue weighted by Crippen LogP contribution is 2.41. The first-order valence-electron chi connectivity index (χ1n) is 10.7. The third-order valence-corrected chi connectivity index (χ3v) is 7.16. The van der Waals surface area contributed by atoms with Crippen LogP contribution in [0.1, 0.15) is 34.3 Å². The number of carbonyl (C=O) groups excluding carboxylic acids is 1. The predicted octanol–water partition coefficient (Wildman–Crippen LogP) is -4.65. The van der Waals surface area contributed by atoms with Crippen LogP contribution in [-0.4, -0.2) is 79.8 Å². The Bertz CT molecular complexity index is 1170. The van der Waals surface area contributed by atoms with Crippen LogP contribution in [0.4, 0.5) is 8.78 Å². The van der Waals surface area contributed by atoms with Crippen LogP contribution in [0.5, 0.6) is 0 Å². The number of nitrogens with zero attached hydrogens (tertiary/aromatic N) is 1. The van der Waals surface area contributed by atoms with Crippen molar-refractivity contribution in [2.45, 2.75) is 54.8 Å². The molecule has 1 unspecified atom stereocenters. The van der Waals surface area contributed by atoms with E-state index in [-0.39, 0.29) is 54.4 Å². The van der Waals surface area contributed by atoms with Crippen LogP contribution >= 0.6 is 0 Å². The lowest BCUT2D eigenvalue weighted by Gasteiger charge is -2.40. The molecule has 0 saturated carbocycles. The number of carboxylic acids is 1. The second-order valence-corrected chi connectivity index (χ2v) is 9.03.